The average Bonchev–Trinajstić information content (AvgIpc) is 2.12. The smallest absolute Gasteiger partial charge is 0.179 e. The van der Waals surface area contributed by atoms with Gasteiger partial charge in [0.25, 0.3) is 0 Å². The van der Waals surface area contributed by atoms with Gasteiger partial charge in [-0.15, -0.1) is 10.2 Å². The Labute approximate surface area is 72.6 Å². The zero-order valence-corrected chi connectivity index (χ0v) is 6.65. The first-order valence-corrected chi connectivity index (χ1v) is 3.55. The fourth-order valence-electron chi connectivity index (χ4n) is 0.869. The van der Waals surface area contributed by atoms with E-state index < -0.39 is 0 Å². The van der Waals surface area contributed by atoms with E-state index in [1.54, 1.807) is 0 Å². The van der Waals surface area contributed by atoms with Crippen LogP contribution in [0, 0.1) is 0 Å². The molecule has 6 heteroatoms. The summed E-state index contributed by atoms with van der Waals surface area (Å²) in [6, 6.07) is 0. The molecule has 0 spiro atoms. The molecule has 0 radical (unpaired) electrons. The Morgan fingerprint density at radius 2 is 1.75 bits per heavy atom. The number of anilines is 1. The van der Waals surface area contributed by atoms with Crippen molar-refractivity contribution < 1.29 is 0 Å². The molecule has 2 heterocycles. The number of halogens is 1. The van der Waals surface area contributed by atoms with Crippen molar-refractivity contribution in [3.63, 3.8) is 0 Å². The highest BCUT2D eigenvalue weighted by Crippen LogP contribution is 2.18. The van der Waals surface area contributed by atoms with Crippen LogP contribution in [0.3, 0.4) is 0 Å². The van der Waals surface area contributed by atoms with Crippen molar-refractivity contribution in [2.24, 2.45) is 0 Å². The van der Waals surface area contributed by atoms with Crippen LogP contribution in [-0.2, 0) is 0 Å². The molecule has 0 saturated heterocycles. The van der Waals surface area contributed by atoms with Crippen molar-refractivity contribution in [3.8, 4) is 0 Å². The second kappa shape index (κ2) is 2.53. The molecule has 60 valence electrons. The van der Waals surface area contributed by atoms with Crippen LogP contribution in [-0.4, -0.2) is 20.2 Å². The lowest BCUT2D eigenvalue weighted by molar-refractivity contribution is 1.04. The average molecular weight is 182 g/mol. The molecule has 0 aliphatic heterocycles. The summed E-state index contributed by atoms with van der Waals surface area (Å²) in [7, 11) is 0. The lowest BCUT2D eigenvalue weighted by Gasteiger charge is -1.97. The third-order valence-electron chi connectivity index (χ3n) is 1.38. The zero-order valence-electron chi connectivity index (χ0n) is 5.90. The Morgan fingerprint density at radius 1 is 1.08 bits per heavy atom. The van der Waals surface area contributed by atoms with Crippen LogP contribution in [0.1, 0.15) is 0 Å². The third kappa shape index (κ3) is 0.947. The minimum atomic E-state index is 0.215. The monoisotopic (exact) mass is 181 g/mol. The van der Waals surface area contributed by atoms with E-state index in [1.165, 1.54) is 12.4 Å². The van der Waals surface area contributed by atoms with Gasteiger partial charge < -0.3 is 5.73 Å². The maximum atomic E-state index is 5.70. The van der Waals surface area contributed by atoms with E-state index in [1.807, 2.05) is 0 Å². The van der Waals surface area contributed by atoms with E-state index in [0.29, 0.717) is 11.0 Å². The number of rotatable bonds is 0. The highest BCUT2D eigenvalue weighted by atomic mass is 35.5. The van der Waals surface area contributed by atoms with Gasteiger partial charge in [-0.2, -0.15) is 0 Å². The molecule has 0 fully saturated rings. The minimum Gasteiger partial charge on any atom is -0.380 e. The van der Waals surface area contributed by atoms with Crippen LogP contribution >= 0.6 is 11.6 Å². The molecule has 0 aliphatic carbocycles. The van der Waals surface area contributed by atoms with Crippen LogP contribution in [0.5, 0.6) is 0 Å². The molecular weight excluding hydrogens is 178 g/mol. The van der Waals surface area contributed by atoms with Gasteiger partial charge in [0.05, 0.1) is 0 Å². The van der Waals surface area contributed by atoms with Gasteiger partial charge in [0.2, 0.25) is 0 Å². The summed E-state index contributed by atoms with van der Waals surface area (Å²) < 4.78 is 0. The van der Waals surface area contributed by atoms with Gasteiger partial charge in [-0.3, -0.25) is 0 Å². The van der Waals surface area contributed by atoms with E-state index >= 15 is 0 Å². The molecule has 2 aromatic heterocycles. The Hall–Kier alpha value is -1.49. The van der Waals surface area contributed by atoms with Gasteiger partial charge in [-0.1, -0.05) is 11.6 Å². The van der Waals surface area contributed by atoms with Gasteiger partial charge in [-0.05, 0) is 0 Å². The summed E-state index contributed by atoms with van der Waals surface area (Å²) in [6.45, 7) is 0. The number of hydrogen-bond donors (Lipinski definition) is 1. The third-order valence-corrected chi connectivity index (χ3v) is 1.64. The summed E-state index contributed by atoms with van der Waals surface area (Å²) >= 11 is 5.70. The highest BCUT2D eigenvalue weighted by Gasteiger charge is 2.05. The molecule has 0 saturated carbocycles. The molecule has 0 atom stereocenters. The minimum absolute atomic E-state index is 0.215. The normalized spacial score (nSPS) is 10.4. The number of fused-ring (bicyclic) bond motifs is 1. The summed E-state index contributed by atoms with van der Waals surface area (Å²) in [5, 5.41) is 7.41. The number of nitrogen functional groups attached to an aromatic ring is 1. The molecule has 0 unspecified atom stereocenters. The van der Waals surface area contributed by atoms with E-state index in [9.17, 15) is 0 Å². The molecule has 2 rings (SSSR count). The summed E-state index contributed by atoms with van der Waals surface area (Å²) in [5.41, 5.74) is 6.45. The maximum Gasteiger partial charge on any atom is 0.179 e. The fourth-order valence-corrected chi connectivity index (χ4v) is 1.05. The van der Waals surface area contributed by atoms with Gasteiger partial charge >= 0.3 is 0 Å². The second-order valence-corrected chi connectivity index (χ2v) is 2.49. The first kappa shape index (κ1) is 7.17. The first-order chi connectivity index (χ1) is 5.79. The van der Waals surface area contributed by atoms with Gasteiger partial charge in [0.15, 0.2) is 11.0 Å². The molecule has 0 aliphatic rings. The van der Waals surface area contributed by atoms with E-state index in [0.717, 1.165) is 0 Å². The molecule has 5 nitrogen and oxygen atoms in total. The molecule has 0 amide bonds. The Bertz CT molecular complexity index is 389. The number of nitrogens with two attached hydrogens (primary N) is 1. The van der Waals surface area contributed by atoms with Crippen LogP contribution < -0.4 is 5.73 Å². The second-order valence-electron chi connectivity index (χ2n) is 2.13. The van der Waals surface area contributed by atoms with E-state index in [-0.39, 0.29) is 11.0 Å². The lowest BCUT2D eigenvalue weighted by Crippen LogP contribution is -1.97. The number of hydrogen-bond acceptors (Lipinski definition) is 5. The summed E-state index contributed by atoms with van der Waals surface area (Å²) in [4.78, 5) is 7.93. The summed E-state index contributed by atoms with van der Waals surface area (Å²) in [5.74, 6) is 0.238. The molecule has 0 aromatic carbocycles. The first-order valence-electron chi connectivity index (χ1n) is 3.17. The Kier molecular flexibility index (Phi) is 1.51. The Morgan fingerprint density at radius 3 is 2.42 bits per heavy atom. The zero-order chi connectivity index (χ0) is 8.55. The van der Waals surface area contributed by atoms with Crippen molar-refractivity contribution >= 4 is 28.5 Å². The Balaban J connectivity index is 2.95. The quantitative estimate of drug-likeness (QED) is 0.646. The summed E-state index contributed by atoms with van der Waals surface area (Å²) in [6.07, 6.45) is 3.05. The predicted molar refractivity (Wildman–Crippen MR) is 44.6 cm³/mol. The van der Waals surface area contributed by atoms with Crippen molar-refractivity contribution in [1.29, 1.82) is 0 Å². The number of aromatic nitrogens is 4. The largest absolute Gasteiger partial charge is 0.380 e. The van der Waals surface area contributed by atoms with Crippen LogP contribution in [0.25, 0.3) is 11.0 Å². The molecule has 12 heavy (non-hydrogen) atoms. The SMILES string of the molecule is Nc1nnc(Cl)c2nccnc12. The maximum absolute atomic E-state index is 5.70. The van der Waals surface area contributed by atoms with Crippen LogP contribution in [0.4, 0.5) is 5.82 Å². The van der Waals surface area contributed by atoms with Crippen LogP contribution in [0.15, 0.2) is 12.4 Å². The lowest BCUT2D eigenvalue weighted by atomic mass is 10.4. The topological polar surface area (TPSA) is 77.6 Å². The number of nitrogens with zero attached hydrogens (tertiary/aromatic N) is 4. The molecule has 2 N–H and O–H groups in total. The molecule has 0 bridgehead atoms. The fraction of sp³-hybridized carbons (Fsp3) is 0. The van der Waals surface area contributed by atoms with Gasteiger partial charge in [0, 0.05) is 12.4 Å². The van der Waals surface area contributed by atoms with E-state index in [4.69, 9.17) is 17.3 Å². The van der Waals surface area contributed by atoms with Gasteiger partial charge in [0.1, 0.15) is 11.0 Å². The molecule has 2 aromatic rings. The van der Waals surface area contributed by atoms with E-state index in [2.05, 4.69) is 20.2 Å². The van der Waals surface area contributed by atoms with Gasteiger partial charge in [-0.25, -0.2) is 9.97 Å². The van der Waals surface area contributed by atoms with Crippen molar-refractivity contribution in [1.82, 2.24) is 20.2 Å². The van der Waals surface area contributed by atoms with Crippen molar-refractivity contribution in [2.45, 2.75) is 0 Å². The standard InChI is InChI=1S/C6H4ClN5/c7-5-3-4(6(8)12-11-5)10-2-1-9-3/h1-2H,(H2,8,12). The molecular formula is C6H4ClN5. The van der Waals surface area contributed by atoms with Crippen LogP contribution in [0.2, 0.25) is 5.15 Å². The van der Waals surface area contributed by atoms with Crippen molar-refractivity contribution in [2.75, 3.05) is 5.73 Å². The highest BCUT2D eigenvalue weighted by molar-refractivity contribution is 6.33. The predicted octanol–water partition coefficient (Wildman–Crippen LogP) is 0.655. The van der Waals surface area contributed by atoms with Crippen molar-refractivity contribution in [3.05, 3.63) is 17.5 Å².